The van der Waals surface area contributed by atoms with Crippen LogP contribution in [0, 0.1) is 0 Å². The van der Waals surface area contributed by atoms with Gasteiger partial charge in [-0.3, -0.25) is 0 Å². The van der Waals surface area contributed by atoms with Crippen LogP contribution in [0.2, 0.25) is 0 Å². The largest absolute Gasteiger partial charge is 0.476 e. The number of hydrogen-bond acceptors (Lipinski definition) is 6. The molecule has 1 aliphatic rings. The zero-order valence-electron chi connectivity index (χ0n) is 13.2. The molecule has 2 aromatic rings. The van der Waals surface area contributed by atoms with E-state index in [0.717, 1.165) is 31.9 Å². The maximum Gasteiger partial charge on any atom is 0.355 e. The summed E-state index contributed by atoms with van der Waals surface area (Å²) in [6.07, 6.45) is 1.43. The molecule has 24 heavy (non-hydrogen) atoms. The standard InChI is InChI=1S/C16H18BrN5O2/c1-21-6-8-22(9-7-21)12-4-2-11(3-5-12)19-16-18-10-13(17)14(20-16)15(23)24/h2-5,10H,6-9H2,1H3,(H,23,24)(H,18,19,20). The van der Waals surface area contributed by atoms with Crippen molar-refractivity contribution in [3.8, 4) is 0 Å². The van der Waals surface area contributed by atoms with Crippen LogP contribution in [-0.4, -0.2) is 59.2 Å². The molecule has 2 N–H and O–H groups in total. The highest BCUT2D eigenvalue weighted by atomic mass is 79.9. The number of rotatable bonds is 4. The number of halogens is 1. The zero-order chi connectivity index (χ0) is 17.1. The molecule has 1 aliphatic heterocycles. The van der Waals surface area contributed by atoms with Gasteiger partial charge < -0.3 is 20.2 Å². The van der Waals surface area contributed by atoms with Crippen molar-refractivity contribution in [2.45, 2.75) is 0 Å². The zero-order valence-corrected chi connectivity index (χ0v) is 14.8. The molecule has 0 radical (unpaired) electrons. The predicted molar refractivity (Wildman–Crippen MR) is 96.1 cm³/mol. The summed E-state index contributed by atoms with van der Waals surface area (Å²) in [5.41, 5.74) is 1.92. The van der Waals surface area contributed by atoms with E-state index in [4.69, 9.17) is 5.11 Å². The van der Waals surface area contributed by atoms with Gasteiger partial charge in [0.1, 0.15) is 0 Å². The Labute approximate surface area is 148 Å². The number of nitrogens with zero attached hydrogens (tertiary/aromatic N) is 4. The van der Waals surface area contributed by atoms with Gasteiger partial charge in [0.2, 0.25) is 5.95 Å². The summed E-state index contributed by atoms with van der Waals surface area (Å²) >= 11 is 3.13. The fraction of sp³-hybridized carbons (Fsp3) is 0.312. The summed E-state index contributed by atoms with van der Waals surface area (Å²) < 4.78 is 0.353. The van der Waals surface area contributed by atoms with Gasteiger partial charge in [0.25, 0.3) is 0 Å². The molecule has 0 atom stereocenters. The third kappa shape index (κ3) is 3.82. The van der Waals surface area contributed by atoms with Crippen molar-refractivity contribution < 1.29 is 9.90 Å². The lowest BCUT2D eigenvalue weighted by Crippen LogP contribution is -2.44. The smallest absolute Gasteiger partial charge is 0.355 e. The first kappa shape index (κ1) is 16.7. The van der Waals surface area contributed by atoms with E-state index in [1.165, 1.54) is 11.9 Å². The Hall–Kier alpha value is -2.19. The Morgan fingerprint density at radius 2 is 1.88 bits per heavy atom. The second-order valence-corrected chi connectivity index (χ2v) is 6.51. The average molecular weight is 392 g/mol. The molecule has 0 bridgehead atoms. The second-order valence-electron chi connectivity index (χ2n) is 5.66. The SMILES string of the molecule is CN1CCN(c2ccc(Nc3ncc(Br)c(C(=O)O)n3)cc2)CC1. The predicted octanol–water partition coefficient (Wildman–Crippen LogP) is 2.43. The van der Waals surface area contributed by atoms with E-state index in [0.29, 0.717) is 4.47 Å². The molecular formula is C16H18BrN5O2. The molecule has 3 rings (SSSR count). The first-order valence-electron chi connectivity index (χ1n) is 7.59. The molecule has 1 aromatic heterocycles. The van der Waals surface area contributed by atoms with Gasteiger partial charge in [-0.1, -0.05) is 0 Å². The van der Waals surface area contributed by atoms with Crippen LogP contribution in [0.15, 0.2) is 34.9 Å². The number of carbonyl (C=O) groups is 1. The third-order valence-electron chi connectivity index (χ3n) is 3.94. The molecule has 1 saturated heterocycles. The van der Waals surface area contributed by atoms with Crippen molar-refractivity contribution in [1.29, 1.82) is 0 Å². The molecule has 0 spiro atoms. The first-order valence-corrected chi connectivity index (χ1v) is 8.38. The Morgan fingerprint density at radius 3 is 2.50 bits per heavy atom. The van der Waals surface area contributed by atoms with Gasteiger partial charge in [-0.05, 0) is 47.2 Å². The Kier molecular flexibility index (Phi) is 4.96. The minimum Gasteiger partial charge on any atom is -0.476 e. The fourth-order valence-electron chi connectivity index (χ4n) is 2.53. The van der Waals surface area contributed by atoms with Gasteiger partial charge in [-0.2, -0.15) is 0 Å². The van der Waals surface area contributed by atoms with Crippen LogP contribution in [0.5, 0.6) is 0 Å². The van der Waals surface area contributed by atoms with Crippen molar-refractivity contribution in [2.75, 3.05) is 43.4 Å². The lowest BCUT2D eigenvalue weighted by molar-refractivity contribution is 0.0689. The number of anilines is 3. The van der Waals surface area contributed by atoms with Gasteiger partial charge in [0.05, 0.1) is 4.47 Å². The van der Waals surface area contributed by atoms with Crippen molar-refractivity contribution in [3.63, 3.8) is 0 Å². The summed E-state index contributed by atoms with van der Waals surface area (Å²) in [5, 5.41) is 12.1. The molecule has 1 fully saturated rings. The summed E-state index contributed by atoms with van der Waals surface area (Å²) in [5.74, 6) is -0.847. The second kappa shape index (κ2) is 7.14. The molecule has 7 nitrogen and oxygen atoms in total. The Morgan fingerprint density at radius 1 is 1.21 bits per heavy atom. The Balaban J connectivity index is 1.70. The van der Waals surface area contributed by atoms with Crippen molar-refractivity contribution >= 4 is 39.2 Å². The number of carboxylic acid groups (broad SMARTS) is 1. The highest BCUT2D eigenvalue weighted by Gasteiger charge is 2.15. The molecule has 126 valence electrons. The van der Waals surface area contributed by atoms with E-state index >= 15 is 0 Å². The van der Waals surface area contributed by atoms with Crippen molar-refractivity contribution in [1.82, 2.24) is 14.9 Å². The molecule has 0 unspecified atom stereocenters. The number of likely N-dealkylation sites (N-methyl/N-ethyl adjacent to an activating group) is 1. The summed E-state index contributed by atoms with van der Waals surface area (Å²) in [7, 11) is 2.13. The number of benzene rings is 1. The van der Waals surface area contributed by atoms with E-state index in [1.54, 1.807) is 0 Å². The van der Waals surface area contributed by atoms with Gasteiger partial charge in [0.15, 0.2) is 5.69 Å². The molecule has 8 heteroatoms. The molecule has 0 amide bonds. The van der Waals surface area contributed by atoms with Gasteiger partial charge >= 0.3 is 5.97 Å². The topological polar surface area (TPSA) is 81.6 Å². The quantitative estimate of drug-likeness (QED) is 0.827. The monoisotopic (exact) mass is 391 g/mol. The highest BCUT2D eigenvalue weighted by molar-refractivity contribution is 9.10. The lowest BCUT2D eigenvalue weighted by atomic mass is 10.2. The van der Waals surface area contributed by atoms with Gasteiger partial charge in [-0.15, -0.1) is 0 Å². The molecule has 1 aromatic carbocycles. The van der Waals surface area contributed by atoms with Crippen LogP contribution in [0.3, 0.4) is 0 Å². The van der Waals surface area contributed by atoms with E-state index in [1.807, 2.05) is 24.3 Å². The number of nitrogens with one attached hydrogen (secondary N) is 1. The molecule has 0 saturated carbocycles. The van der Waals surface area contributed by atoms with E-state index in [9.17, 15) is 4.79 Å². The minimum absolute atomic E-state index is 0.0680. The molecular weight excluding hydrogens is 374 g/mol. The molecule has 2 heterocycles. The third-order valence-corrected chi connectivity index (χ3v) is 4.52. The minimum atomic E-state index is -1.10. The first-order chi connectivity index (χ1) is 11.5. The number of hydrogen-bond donors (Lipinski definition) is 2. The van der Waals surface area contributed by atoms with Crippen LogP contribution in [-0.2, 0) is 0 Å². The van der Waals surface area contributed by atoms with Crippen LogP contribution in [0.4, 0.5) is 17.3 Å². The average Bonchev–Trinajstić information content (AvgIpc) is 2.58. The number of piperazine rings is 1. The van der Waals surface area contributed by atoms with Crippen LogP contribution < -0.4 is 10.2 Å². The van der Waals surface area contributed by atoms with E-state index < -0.39 is 5.97 Å². The maximum atomic E-state index is 11.1. The summed E-state index contributed by atoms with van der Waals surface area (Å²) in [6.45, 7) is 4.15. The lowest BCUT2D eigenvalue weighted by Gasteiger charge is -2.34. The highest BCUT2D eigenvalue weighted by Crippen LogP contribution is 2.22. The van der Waals surface area contributed by atoms with E-state index in [-0.39, 0.29) is 11.6 Å². The van der Waals surface area contributed by atoms with E-state index in [2.05, 4.69) is 48.1 Å². The maximum absolute atomic E-state index is 11.1. The Bertz CT molecular complexity index is 730. The van der Waals surface area contributed by atoms with Crippen LogP contribution >= 0.6 is 15.9 Å². The van der Waals surface area contributed by atoms with Gasteiger partial charge in [0, 0.05) is 43.8 Å². The van der Waals surface area contributed by atoms with Crippen LogP contribution in [0.1, 0.15) is 10.5 Å². The normalized spacial score (nSPS) is 15.3. The number of aromatic nitrogens is 2. The molecule has 0 aliphatic carbocycles. The number of carboxylic acids is 1. The summed E-state index contributed by atoms with van der Waals surface area (Å²) in [6, 6.07) is 7.98. The summed E-state index contributed by atoms with van der Waals surface area (Å²) in [4.78, 5) is 23.9. The van der Waals surface area contributed by atoms with Gasteiger partial charge in [-0.25, -0.2) is 14.8 Å². The fourth-order valence-corrected chi connectivity index (χ4v) is 2.89. The van der Waals surface area contributed by atoms with Crippen LogP contribution in [0.25, 0.3) is 0 Å². The van der Waals surface area contributed by atoms with Crippen molar-refractivity contribution in [2.24, 2.45) is 0 Å². The number of aromatic carboxylic acids is 1. The van der Waals surface area contributed by atoms with Crippen molar-refractivity contribution in [3.05, 3.63) is 40.6 Å².